The van der Waals surface area contributed by atoms with Gasteiger partial charge in [-0.3, -0.25) is 4.79 Å². The van der Waals surface area contributed by atoms with E-state index in [0.29, 0.717) is 0 Å². The Morgan fingerprint density at radius 2 is 1.68 bits per heavy atom. The van der Waals surface area contributed by atoms with Gasteiger partial charge in [-0.25, -0.2) is 0 Å². The highest BCUT2D eigenvalue weighted by molar-refractivity contribution is 7.18. The van der Waals surface area contributed by atoms with Gasteiger partial charge in [-0.05, 0) is 78.8 Å². The van der Waals surface area contributed by atoms with E-state index in [-0.39, 0.29) is 0 Å². The molecule has 3 rings (SSSR count). The molecule has 25 heavy (non-hydrogen) atoms. The number of carbonyl (C=O) groups excluding carboxylic acids is 1. The van der Waals surface area contributed by atoms with Gasteiger partial charge in [-0.15, -0.1) is 11.3 Å². The van der Waals surface area contributed by atoms with Crippen LogP contribution >= 0.6 is 11.3 Å². The zero-order valence-corrected chi connectivity index (χ0v) is 16.2. The fraction of sp³-hybridized carbons (Fsp3) is 0.261. The topological polar surface area (TPSA) is 17.1 Å². The second kappa shape index (κ2) is 7.37. The zero-order valence-electron chi connectivity index (χ0n) is 15.3. The second-order valence-electron chi connectivity index (χ2n) is 6.57. The number of hydrogen-bond donors (Lipinski definition) is 0. The SMILES string of the molecule is CCc1cc(C)cc(-c2ccc(-c3c(C)cc(C=O)cc3CC)s2)c1. The van der Waals surface area contributed by atoms with E-state index >= 15 is 0 Å². The van der Waals surface area contributed by atoms with E-state index in [1.807, 2.05) is 23.5 Å². The summed E-state index contributed by atoms with van der Waals surface area (Å²) in [5.41, 5.74) is 8.46. The van der Waals surface area contributed by atoms with Gasteiger partial charge in [0.15, 0.2) is 0 Å². The monoisotopic (exact) mass is 348 g/mol. The molecule has 128 valence electrons. The highest BCUT2D eigenvalue weighted by Gasteiger charge is 2.13. The summed E-state index contributed by atoms with van der Waals surface area (Å²) in [6.07, 6.45) is 2.92. The summed E-state index contributed by atoms with van der Waals surface area (Å²) < 4.78 is 0. The number of thiophene rings is 1. The van der Waals surface area contributed by atoms with Gasteiger partial charge in [0.25, 0.3) is 0 Å². The van der Waals surface area contributed by atoms with Crippen LogP contribution in [0.1, 0.15) is 46.5 Å². The van der Waals surface area contributed by atoms with Crippen molar-refractivity contribution in [2.24, 2.45) is 0 Å². The van der Waals surface area contributed by atoms with Gasteiger partial charge in [0.1, 0.15) is 6.29 Å². The number of rotatable bonds is 5. The third-order valence-corrected chi connectivity index (χ3v) is 5.79. The fourth-order valence-corrected chi connectivity index (χ4v) is 4.57. The van der Waals surface area contributed by atoms with Crippen molar-refractivity contribution in [3.63, 3.8) is 0 Å². The Bertz CT molecular complexity index is 918. The first-order valence-corrected chi connectivity index (χ1v) is 9.67. The second-order valence-corrected chi connectivity index (χ2v) is 7.65. The summed E-state index contributed by atoms with van der Waals surface area (Å²) in [5.74, 6) is 0. The number of aldehydes is 1. The van der Waals surface area contributed by atoms with E-state index in [4.69, 9.17) is 0 Å². The van der Waals surface area contributed by atoms with Gasteiger partial charge in [0, 0.05) is 15.3 Å². The molecule has 2 heteroatoms. The first-order valence-electron chi connectivity index (χ1n) is 8.85. The molecule has 0 spiro atoms. The largest absolute Gasteiger partial charge is 0.298 e. The summed E-state index contributed by atoms with van der Waals surface area (Å²) in [4.78, 5) is 13.7. The van der Waals surface area contributed by atoms with Crippen molar-refractivity contribution in [2.75, 3.05) is 0 Å². The maximum absolute atomic E-state index is 11.2. The van der Waals surface area contributed by atoms with Crippen LogP contribution in [-0.4, -0.2) is 6.29 Å². The van der Waals surface area contributed by atoms with E-state index in [0.717, 1.165) is 24.7 Å². The molecule has 0 radical (unpaired) electrons. The maximum atomic E-state index is 11.2. The lowest BCUT2D eigenvalue weighted by Gasteiger charge is -2.11. The average Bonchev–Trinajstić information content (AvgIpc) is 3.09. The van der Waals surface area contributed by atoms with Crippen molar-refractivity contribution in [1.82, 2.24) is 0 Å². The van der Waals surface area contributed by atoms with Gasteiger partial charge in [-0.2, -0.15) is 0 Å². The normalized spacial score (nSPS) is 10.9. The Morgan fingerprint density at radius 1 is 0.920 bits per heavy atom. The van der Waals surface area contributed by atoms with Crippen LogP contribution in [0.3, 0.4) is 0 Å². The van der Waals surface area contributed by atoms with Crippen molar-refractivity contribution in [1.29, 1.82) is 0 Å². The molecule has 0 aliphatic rings. The Kier molecular flexibility index (Phi) is 5.19. The van der Waals surface area contributed by atoms with Crippen molar-refractivity contribution in [2.45, 2.75) is 40.5 Å². The number of benzene rings is 2. The maximum Gasteiger partial charge on any atom is 0.150 e. The Balaban J connectivity index is 2.08. The molecule has 0 saturated carbocycles. The molecule has 0 saturated heterocycles. The van der Waals surface area contributed by atoms with Crippen LogP contribution in [0.25, 0.3) is 20.9 Å². The summed E-state index contributed by atoms with van der Waals surface area (Å²) in [6, 6.07) is 15.3. The van der Waals surface area contributed by atoms with Crippen LogP contribution < -0.4 is 0 Å². The van der Waals surface area contributed by atoms with Crippen LogP contribution in [0.5, 0.6) is 0 Å². The van der Waals surface area contributed by atoms with E-state index in [1.165, 1.54) is 43.1 Å². The highest BCUT2D eigenvalue weighted by atomic mass is 32.1. The van der Waals surface area contributed by atoms with Crippen molar-refractivity contribution in [3.05, 3.63) is 70.3 Å². The molecule has 1 aromatic heterocycles. The molecule has 0 amide bonds. The van der Waals surface area contributed by atoms with Gasteiger partial charge in [0.05, 0.1) is 0 Å². The van der Waals surface area contributed by atoms with Gasteiger partial charge >= 0.3 is 0 Å². The van der Waals surface area contributed by atoms with Gasteiger partial charge in [-0.1, -0.05) is 37.6 Å². The third kappa shape index (κ3) is 3.59. The Hall–Kier alpha value is -2.19. The molecule has 0 bridgehead atoms. The summed E-state index contributed by atoms with van der Waals surface area (Å²) >= 11 is 1.84. The fourth-order valence-electron chi connectivity index (χ4n) is 3.43. The molecular weight excluding hydrogens is 324 g/mol. The lowest BCUT2D eigenvalue weighted by molar-refractivity contribution is 0.112. The number of hydrogen-bond acceptors (Lipinski definition) is 2. The zero-order chi connectivity index (χ0) is 18.0. The standard InChI is InChI=1S/C23H24OS/c1-5-17-9-15(3)10-20(12-17)21-7-8-22(25-21)23-16(4)11-18(14-24)13-19(23)6-2/h7-14H,5-6H2,1-4H3. The van der Waals surface area contributed by atoms with Crippen molar-refractivity contribution in [3.8, 4) is 20.9 Å². The molecule has 0 unspecified atom stereocenters. The molecule has 1 nitrogen and oxygen atoms in total. The van der Waals surface area contributed by atoms with Gasteiger partial charge < -0.3 is 0 Å². The molecular formula is C23H24OS. The molecule has 3 aromatic rings. The van der Waals surface area contributed by atoms with Crippen LogP contribution in [0.2, 0.25) is 0 Å². The van der Waals surface area contributed by atoms with E-state index < -0.39 is 0 Å². The van der Waals surface area contributed by atoms with Crippen molar-refractivity contribution >= 4 is 17.6 Å². The minimum Gasteiger partial charge on any atom is -0.298 e. The molecule has 0 aliphatic carbocycles. The van der Waals surface area contributed by atoms with Gasteiger partial charge in [0.2, 0.25) is 0 Å². The predicted octanol–water partition coefficient (Wildman–Crippen LogP) is 6.64. The first kappa shape index (κ1) is 17.6. The number of carbonyl (C=O) groups is 1. The molecule has 0 N–H and O–H groups in total. The first-order chi connectivity index (χ1) is 12.0. The molecule has 0 aliphatic heterocycles. The summed E-state index contributed by atoms with van der Waals surface area (Å²) in [7, 11) is 0. The van der Waals surface area contributed by atoms with Crippen LogP contribution in [0.4, 0.5) is 0 Å². The smallest absolute Gasteiger partial charge is 0.150 e. The molecule has 0 fully saturated rings. The van der Waals surface area contributed by atoms with Crippen molar-refractivity contribution < 1.29 is 4.79 Å². The summed E-state index contributed by atoms with van der Waals surface area (Å²) in [5, 5.41) is 0. The lowest BCUT2D eigenvalue weighted by Crippen LogP contribution is -1.93. The van der Waals surface area contributed by atoms with Crippen LogP contribution in [-0.2, 0) is 12.8 Å². The highest BCUT2D eigenvalue weighted by Crippen LogP contribution is 2.38. The van der Waals surface area contributed by atoms with E-state index in [2.05, 4.69) is 58.0 Å². The molecule has 2 aromatic carbocycles. The number of aryl methyl sites for hydroxylation is 4. The predicted molar refractivity (Wildman–Crippen MR) is 109 cm³/mol. The minimum atomic E-state index is 0.765. The quantitative estimate of drug-likeness (QED) is 0.473. The Morgan fingerprint density at radius 3 is 2.36 bits per heavy atom. The molecule has 0 atom stereocenters. The summed E-state index contributed by atoms with van der Waals surface area (Å²) in [6.45, 7) is 8.61. The third-order valence-electron chi connectivity index (χ3n) is 4.64. The minimum absolute atomic E-state index is 0.765. The van der Waals surface area contributed by atoms with Crippen LogP contribution in [0.15, 0.2) is 42.5 Å². The van der Waals surface area contributed by atoms with E-state index in [1.54, 1.807) is 0 Å². The Labute approximate surface area is 154 Å². The average molecular weight is 349 g/mol. The lowest BCUT2D eigenvalue weighted by atomic mass is 9.96. The van der Waals surface area contributed by atoms with Crippen LogP contribution in [0, 0.1) is 13.8 Å². The van der Waals surface area contributed by atoms with E-state index in [9.17, 15) is 4.79 Å². The molecule has 1 heterocycles.